The van der Waals surface area contributed by atoms with Crippen LogP contribution in [0.5, 0.6) is 0 Å². The molecule has 0 fully saturated rings. The van der Waals surface area contributed by atoms with Gasteiger partial charge in [0.05, 0.1) is 11.9 Å². The minimum atomic E-state index is 0.213. The minimum Gasteiger partial charge on any atom is -0.395 e. The Bertz CT molecular complexity index is 359. The molecule has 2 rings (SSSR count). The van der Waals surface area contributed by atoms with Gasteiger partial charge < -0.3 is 15.7 Å². The average molecular weight is 252 g/mol. The third kappa shape index (κ3) is 2.94. The Morgan fingerprint density at radius 3 is 2.94 bits per heavy atom. The maximum Gasteiger partial charge on any atom is 0.0555 e. The molecule has 4 heteroatoms. The molecule has 0 unspecified atom stereocenters. The summed E-state index contributed by atoms with van der Waals surface area (Å²) in [5.74, 6) is 0. The smallest absolute Gasteiger partial charge is 0.0555 e. The molecular weight excluding hydrogens is 232 g/mol. The molecule has 0 aliphatic carbocycles. The molecule has 0 bridgehead atoms. The predicted octanol–water partition coefficient (Wildman–Crippen LogP) is 1.86. The van der Waals surface area contributed by atoms with Gasteiger partial charge in [0.1, 0.15) is 0 Å². The van der Waals surface area contributed by atoms with Gasteiger partial charge in [0, 0.05) is 18.3 Å². The molecule has 0 amide bonds. The number of para-hydroxylation sites is 1. The zero-order chi connectivity index (χ0) is 12.1. The molecule has 17 heavy (non-hydrogen) atoms. The third-order valence-corrected chi connectivity index (χ3v) is 4.24. The summed E-state index contributed by atoms with van der Waals surface area (Å²) in [5.41, 5.74) is 2.70. The molecule has 3 nitrogen and oxygen atoms in total. The topological polar surface area (TPSA) is 44.3 Å². The summed E-state index contributed by atoms with van der Waals surface area (Å²) in [6.45, 7) is 1.84. The van der Waals surface area contributed by atoms with Crippen molar-refractivity contribution >= 4 is 17.4 Å². The summed E-state index contributed by atoms with van der Waals surface area (Å²) in [6.07, 6.45) is 3.25. The summed E-state index contributed by atoms with van der Waals surface area (Å²) >= 11 is 1.91. The second kappa shape index (κ2) is 6.28. The van der Waals surface area contributed by atoms with Crippen molar-refractivity contribution in [2.24, 2.45) is 0 Å². The number of aliphatic hydroxyl groups excluding tert-OH is 1. The average Bonchev–Trinajstić information content (AvgIpc) is 2.72. The summed E-state index contributed by atoms with van der Waals surface area (Å²) in [4.78, 5) is 0. The SMILES string of the molecule is CS[C@@H]1c2ccccc2N[C@@H]1CCNCCO. The van der Waals surface area contributed by atoms with Crippen molar-refractivity contribution in [1.82, 2.24) is 5.32 Å². The first-order valence-corrected chi connectivity index (χ1v) is 7.35. The number of benzene rings is 1. The lowest BCUT2D eigenvalue weighted by atomic mass is 10.1. The van der Waals surface area contributed by atoms with E-state index in [0.717, 1.165) is 13.0 Å². The van der Waals surface area contributed by atoms with E-state index in [0.29, 0.717) is 17.8 Å². The van der Waals surface area contributed by atoms with Crippen LogP contribution >= 0.6 is 11.8 Å². The maximum atomic E-state index is 8.72. The molecule has 1 aromatic rings. The Morgan fingerprint density at radius 2 is 2.18 bits per heavy atom. The van der Waals surface area contributed by atoms with Crippen LogP contribution in [0.3, 0.4) is 0 Å². The molecular formula is C13H20N2OS. The van der Waals surface area contributed by atoms with E-state index in [1.807, 2.05) is 11.8 Å². The summed E-state index contributed by atoms with van der Waals surface area (Å²) in [6, 6.07) is 9.05. The van der Waals surface area contributed by atoms with E-state index in [2.05, 4.69) is 41.2 Å². The van der Waals surface area contributed by atoms with Crippen molar-refractivity contribution in [2.45, 2.75) is 17.7 Å². The number of fused-ring (bicyclic) bond motifs is 1. The fourth-order valence-corrected chi connectivity index (χ4v) is 3.34. The normalized spacial score (nSPS) is 22.2. The van der Waals surface area contributed by atoms with Crippen molar-refractivity contribution < 1.29 is 5.11 Å². The molecule has 0 saturated carbocycles. The lowest BCUT2D eigenvalue weighted by molar-refractivity contribution is 0.291. The molecule has 0 spiro atoms. The zero-order valence-corrected chi connectivity index (χ0v) is 11.0. The first-order chi connectivity index (χ1) is 8.36. The van der Waals surface area contributed by atoms with Gasteiger partial charge in [-0.3, -0.25) is 0 Å². The van der Waals surface area contributed by atoms with Crippen molar-refractivity contribution in [3.05, 3.63) is 29.8 Å². The van der Waals surface area contributed by atoms with Crippen LogP contribution in [0.15, 0.2) is 24.3 Å². The van der Waals surface area contributed by atoms with Crippen LogP contribution in [0.2, 0.25) is 0 Å². The Hall–Kier alpha value is -0.710. The summed E-state index contributed by atoms with van der Waals surface area (Å²) in [5, 5.41) is 16.1. The first-order valence-electron chi connectivity index (χ1n) is 6.06. The van der Waals surface area contributed by atoms with Gasteiger partial charge in [-0.2, -0.15) is 11.8 Å². The van der Waals surface area contributed by atoms with Gasteiger partial charge in [-0.1, -0.05) is 18.2 Å². The number of hydrogen-bond donors (Lipinski definition) is 3. The van der Waals surface area contributed by atoms with Crippen LogP contribution in [0.25, 0.3) is 0 Å². The molecule has 1 aliphatic rings. The second-order valence-corrected chi connectivity index (χ2v) is 5.24. The summed E-state index contributed by atoms with van der Waals surface area (Å²) in [7, 11) is 0. The van der Waals surface area contributed by atoms with Gasteiger partial charge in [0.15, 0.2) is 0 Å². The molecule has 0 aromatic heterocycles. The van der Waals surface area contributed by atoms with Crippen LogP contribution in [-0.4, -0.2) is 37.1 Å². The van der Waals surface area contributed by atoms with Crippen molar-refractivity contribution in [3.8, 4) is 0 Å². The monoisotopic (exact) mass is 252 g/mol. The Labute approximate surface area is 107 Å². The zero-order valence-electron chi connectivity index (χ0n) is 10.1. The van der Waals surface area contributed by atoms with Crippen LogP contribution in [-0.2, 0) is 0 Å². The lowest BCUT2D eigenvalue weighted by Crippen LogP contribution is -2.27. The first kappa shape index (κ1) is 12.7. The van der Waals surface area contributed by atoms with E-state index in [-0.39, 0.29) is 6.61 Å². The number of thioether (sulfide) groups is 1. The minimum absolute atomic E-state index is 0.213. The van der Waals surface area contributed by atoms with Crippen LogP contribution in [0.4, 0.5) is 5.69 Å². The van der Waals surface area contributed by atoms with Crippen molar-refractivity contribution in [1.29, 1.82) is 0 Å². The quantitative estimate of drug-likeness (QED) is 0.676. The fraction of sp³-hybridized carbons (Fsp3) is 0.538. The van der Waals surface area contributed by atoms with Gasteiger partial charge in [0.2, 0.25) is 0 Å². The number of hydrogen-bond acceptors (Lipinski definition) is 4. The van der Waals surface area contributed by atoms with E-state index >= 15 is 0 Å². The molecule has 1 aromatic carbocycles. The molecule has 0 radical (unpaired) electrons. The number of nitrogens with one attached hydrogen (secondary N) is 2. The highest BCUT2D eigenvalue weighted by atomic mass is 32.2. The van der Waals surface area contributed by atoms with Gasteiger partial charge in [-0.05, 0) is 30.9 Å². The number of rotatable bonds is 6. The predicted molar refractivity (Wildman–Crippen MR) is 74.7 cm³/mol. The fourth-order valence-electron chi connectivity index (χ4n) is 2.35. The van der Waals surface area contributed by atoms with E-state index in [4.69, 9.17) is 5.11 Å². The van der Waals surface area contributed by atoms with Gasteiger partial charge in [-0.25, -0.2) is 0 Å². The van der Waals surface area contributed by atoms with E-state index in [1.54, 1.807) is 0 Å². The number of anilines is 1. The van der Waals surface area contributed by atoms with Crippen LogP contribution in [0.1, 0.15) is 17.2 Å². The van der Waals surface area contributed by atoms with Gasteiger partial charge >= 0.3 is 0 Å². The van der Waals surface area contributed by atoms with Crippen LogP contribution in [0, 0.1) is 0 Å². The van der Waals surface area contributed by atoms with Crippen molar-refractivity contribution in [2.75, 3.05) is 31.3 Å². The second-order valence-electron chi connectivity index (χ2n) is 4.26. The lowest BCUT2D eigenvalue weighted by Gasteiger charge is -2.18. The molecule has 3 N–H and O–H groups in total. The number of aliphatic hydroxyl groups is 1. The highest BCUT2D eigenvalue weighted by molar-refractivity contribution is 7.98. The van der Waals surface area contributed by atoms with E-state index < -0.39 is 0 Å². The van der Waals surface area contributed by atoms with E-state index in [9.17, 15) is 0 Å². The largest absolute Gasteiger partial charge is 0.395 e. The third-order valence-electron chi connectivity index (χ3n) is 3.15. The van der Waals surface area contributed by atoms with Crippen molar-refractivity contribution in [3.63, 3.8) is 0 Å². The molecule has 94 valence electrons. The highest BCUT2D eigenvalue weighted by Crippen LogP contribution is 2.42. The molecule has 0 saturated heterocycles. The Morgan fingerprint density at radius 1 is 1.35 bits per heavy atom. The Balaban J connectivity index is 1.93. The standard InChI is InChI=1S/C13H20N2OS/c1-17-13-10-4-2-3-5-11(10)15-12(13)6-7-14-8-9-16/h2-5,12-16H,6-9H2,1H3/t12-,13-/m1/s1. The molecule has 1 heterocycles. The van der Waals surface area contributed by atoms with E-state index in [1.165, 1.54) is 11.3 Å². The van der Waals surface area contributed by atoms with Gasteiger partial charge in [-0.15, -0.1) is 0 Å². The molecule has 2 atom stereocenters. The maximum absolute atomic E-state index is 8.72. The highest BCUT2D eigenvalue weighted by Gasteiger charge is 2.30. The van der Waals surface area contributed by atoms with Gasteiger partial charge in [0.25, 0.3) is 0 Å². The van der Waals surface area contributed by atoms with Crippen LogP contribution < -0.4 is 10.6 Å². The summed E-state index contributed by atoms with van der Waals surface area (Å²) < 4.78 is 0. The Kier molecular flexibility index (Phi) is 4.71. The molecule has 1 aliphatic heterocycles.